The lowest BCUT2D eigenvalue weighted by atomic mass is 10.2. The number of carbonyl (C=O) groups excluding carboxylic acids is 1. The van der Waals surface area contributed by atoms with Gasteiger partial charge in [0.2, 0.25) is 0 Å². The van der Waals surface area contributed by atoms with Crippen LogP contribution in [0.15, 0.2) is 60.0 Å². The molecule has 0 atom stereocenters. The average Bonchev–Trinajstić information content (AvgIpc) is 2.47. The largest absolute Gasteiger partial charge is 0.293 e. The summed E-state index contributed by atoms with van der Waals surface area (Å²) in [5.74, 6) is -0.961. The van der Waals surface area contributed by atoms with E-state index in [0.29, 0.717) is 16.1 Å². The predicted molar refractivity (Wildman–Crippen MR) is 85.0 cm³/mol. The molecule has 0 aromatic heterocycles. The van der Waals surface area contributed by atoms with E-state index in [4.69, 9.17) is 11.6 Å². The van der Waals surface area contributed by atoms with Gasteiger partial charge >= 0.3 is 0 Å². The molecule has 0 aliphatic carbocycles. The van der Waals surface area contributed by atoms with E-state index in [2.05, 4.69) is 0 Å². The fourth-order valence-electron chi connectivity index (χ4n) is 1.69. The molecular formula is C16H13ClO3S. The van der Waals surface area contributed by atoms with E-state index in [0.717, 1.165) is 5.41 Å². The van der Waals surface area contributed by atoms with Crippen molar-refractivity contribution in [3.05, 3.63) is 76.2 Å². The summed E-state index contributed by atoms with van der Waals surface area (Å²) < 4.78 is 23.8. The van der Waals surface area contributed by atoms with Crippen molar-refractivity contribution in [2.24, 2.45) is 0 Å². The van der Waals surface area contributed by atoms with Gasteiger partial charge in [0, 0.05) is 16.0 Å². The van der Waals surface area contributed by atoms with Crippen molar-refractivity contribution in [1.82, 2.24) is 0 Å². The Bertz CT molecular complexity index is 748. The van der Waals surface area contributed by atoms with Gasteiger partial charge in [-0.1, -0.05) is 54.1 Å². The predicted octanol–water partition coefficient (Wildman–Crippen LogP) is 3.61. The number of carbonyl (C=O) groups is 1. The van der Waals surface area contributed by atoms with E-state index in [1.165, 1.54) is 6.08 Å². The smallest absolute Gasteiger partial charge is 0.179 e. The topological polar surface area (TPSA) is 51.2 Å². The van der Waals surface area contributed by atoms with Crippen molar-refractivity contribution in [1.29, 1.82) is 0 Å². The SMILES string of the molecule is O=C(CS(=O)(=O)/C=C/c1ccc(Cl)cc1)c1ccccc1. The Hall–Kier alpha value is -1.91. The molecule has 0 saturated carbocycles. The summed E-state index contributed by atoms with van der Waals surface area (Å²) in [5.41, 5.74) is 1.09. The molecule has 0 aliphatic heterocycles. The van der Waals surface area contributed by atoms with Crippen LogP contribution in [0.25, 0.3) is 6.08 Å². The van der Waals surface area contributed by atoms with Crippen LogP contribution < -0.4 is 0 Å². The molecule has 0 saturated heterocycles. The first-order chi connectivity index (χ1) is 9.96. The zero-order valence-corrected chi connectivity index (χ0v) is 12.6. The molecule has 0 heterocycles. The molecule has 0 aliphatic rings. The quantitative estimate of drug-likeness (QED) is 0.791. The molecule has 0 fully saturated rings. The van der Waals surface area contributed by atoms with Gasteiger partial charge in [-0.05, 0) is 23.8 Å². The second-order valence-electron chi connectivity index (χ2n) is 4.45. The molecular weight excluding hydrogens is 308 g/mol. The molecule has 0 radical (unpaired) electrons. The number of Topliss-reactive ketones (excluding diaryl/α,β-unsaturated/α-hetero) is 1. The van der Waals surface area contributed by atoms with Crippen LogP contribution >= 0.6 is 11.6 Å². The molecule has 2 aromatic rings. The lowest BCUT2D eigenvalue weighted by Gasteiger charge is -2.00. The minimum absolute atomic E-state index is 0.390. The highest BCUT2D eigenvalue weighted by atomic mass is 35.5. The molecule has 3 nitrogen and oxygen atoms in total. The van der Waals surface area contributed by atoms with Gasteiger partial charge in [0.25, 0.3) is 0 Å². The number of hydrogen-bond donors (Lipinski definition) is 0. The number of sulfone groups is 1. The van der Waals surface area contributed by atoms with Gasteiger partial charge in [-0.25, -0.2) is 8.42 Å². The van der Waals surface area contributed by atoms with Crippen LogP contribution in [0.4, 0.5) is 0 Å². The Balaban J connectivity index is 2.08. The first kappa shape index (κ1) is 15.5. The summed E-state index contributed by atoms with van der Waals surface area (Å²) >= 11 is 5.75. The van der Waals surface area contributed by atoms with E-state index >= 15 is 0 Å². The van der Waals surface area contributed by atoms with Crippen LogP contribution in [0, 0.1) is 0 Å². The Morgan fingerprint density at radius 3 is 2.24 bits per heavy atom. The zero-order chi connectivity index (χ0) is 15.3. The number of hydrogen-bond acceptors (Lipinski definition) is 3. The molecule has 2 aromatic carbocycles. The van der Waals surface area contributed by atoms with Crippen molar-refractivity contribution in [3.63, 3.8) is 0 Å². The minimum atomic E-state index is -3.60. The molecule has 108 valence electrons. The molecule has 2 rings (SSSR count). The Kier molecular flexibility index (Phi) is 4.94. The highest BCUT2D eigenvalue weighted by Gasteiger charge is 2.14. The van der Waals surface area contributed by atoms with Gasteiger partial charge in [0.1, 0.15) is 5.75 Å². The van der Waals surface area contributed by atoms with Gasteiger partial charge in [-0.15, -0.1) is 0 Å². The molecule has 0 spiro atoms. The lowest BCUT2D eigenvalue weighted by molar-refractivity contribution is 0.102. The summed E-state index contributed by atoms with van der Waals surface area (Å²) in [7, 11) is -3.60. The molecule has 0 amide bonds. The first-order valence-corrected chi connectivity index (χ1v) is 8.30. The van der Waals surface area contributed by atoms with Gasteiger partial charge in [0.15, 0.2) is 15.6 Å². The van der Waals surface area contributed by atoms with Crippen LogP contribution in [0.3, 0.4) is 0 Å². The van der Waals surface area contributed by atoms with Crippen LogP contribution in [0.5, 0.6) is 0 Å². The third-order valence-electron chi connectivity index (χ3n) is 2.77. The van der Waals surface area contributed by atoms with E-state index in [1.807, 2.05) is 0 Å². The summed E-state index contributed by atoms with van der Waals surface area (Å²) in [4.78, 5) is 11.9. The van der Waals surface area contributed by atoms with Crippen molar-refractivity contribution < 1.29 is 13.2 Å². The molecule has 5 heteroatoms. The summed E-state index contributed by atoms with van der Waals surface area (Å²) in [6, 6.07) is 15.1. The second kappa shape index (κ2) is 6.70. The molecule has 0 unspecified atom stereocenters. The molecule has 0 N–H and O–H groups in total. The van der Waals surface area contributed by atoms with Crippen molar-refractivity contribution in [2.75, 3.05) is 5.75 Å². The summed E-state index contributed by atoms with van der Waals surface area (Å²) in [5, 5.41) is 1.63. The van der Waals surface area contributed by atoms with E-state index in [1.54, 1.807) is 54.6 Å². The highest BCUT2D eigenvalue weighted by molar-refractivity contribution is 7.95. The van der Waals surface area contributed by atoms with E-state index in [9.17, 15) is 13.2 Å². The van der Waals surface area contributed by atoms with E-state index in [-0.39, 0.29) is 0 Å². The number of benzene rings is 2. The number of ketones is 1. The Labute approximate surface area is 128 Å². The van der Waals surface area contributed by atoms with E-state index < -0.39 is 21.4 Å². The maximum Gasteiger partial charge on any atom is 0.179 e. The average molecular weight is 321 g/mol. The molecule has 0 bridgehead atoms. The summed E-state index contributed by atoms with van der Waals surface area (Å²) in [6.07, 6.45) is 1.45. The standard InChI is InChI=1S/C16H13ClO3S/c17-15-8-6-13(7-9-15)10-11-21(19,20)12-16(18)14-4-2-1-3-5-14/h1-11H,12H2/b11-10+. The lowest BCUT2D eigenvalue weighted by Crippen LogP contribution is -2.13. The fraction of sp³-hybridized carbons (Fsp3) is 0.0625. The number of halogens is 1. The van der Waals surface area contributed by atoms with Crippen LogP contribution in [-0.2, 0) is 9.84 Å². The van der Waals surface area contributed by atoms with Crippen LogP contribution in [0.2, 0.25) is 5.02 Å². The second-order valence-corrected chi connectivity index (χ2v) is 6.77. The monoisotopic (exact) mass is 320 g/mol. The van der Waals surface area contributed by atoms with Crippen molar-refractivity contribution in [3.8, 4) is 0 Å². The normalized spacial score (nSPS) is 11.7. The van der Waals surface area contributed by atoms with Gasteiger partial charge in [0.05, 0.1) is 0 Å². The van der Waals surface area contributed by atoms with Crippen molar-refractivity contribution in [2.45, 2.75) is 0 Å². The Morgan fingerprint density at radius 2 is 1.62 bits per heavy atom. The highest BCUT2D eigenvalue weighted by Crippen LogP contribution is 2.12. The van der Waals surface area contributed by atoms with Gasteiger partial charge in [-0.2, -0.15) is 0 Å². The third kappa shape index (κ3) is 4.85. The Morgan fingerprint density at radius 1 is 1.00 bits per heavy atom. The van der Waals surface area contributed by atoms with Gasteiger partial charge < -0.3 is 0 Å². The van der Waals surface area contributed by atoms with Crippen LogP contribution in [-0.4, -0.2) is 20.0 Å². The molecule has 21 heavy (non-hydrogen) atoms. The van der Waals surface area contributed by atoms with Crippen LogP contribution in [0.1, 0.15) is 15.9 Å². The third-order valence-corrected chi connectivity index (χ3v) is 4.23. The van der Waals surface area contributed by atoms with Crippen molar-refractivity contribution >= 4 is 33.3 Å². The number of rotatable bonds is 5. The maximum atomic E-state index is 11.9. The maximum absolute atomic E-state index is 11.9. The zero-order valence-electron chi connectivity index (χ0n) is 11.1. The van der Waals surface area contributed by atoms with Gasteiger partial charge in [-0.3, -0.25) is 4.79 Å². The summed E-state index contributed by atoms with van der Waals surface area (Å²) in [6.45, 7) is 0. The minimum Gasteiger partial charge on any atom is -0.293 e. The first-order valence-electron chi connectivity index (χ1n) is 6.21. The fourth-order valence-corrected chi connectivity index (χ4v) is 2.81.